The molecule has 1 amide bonds. The van der Waals surface area contributed by atoms with E-state index in [0.29, 0.717) is 22.8 Å². The third-order valence-corrected chi connectivity index (χ3v) is 4.06. The van der Waals surface area contributed by atoms with Crippen LogP contribution in [0, 0.1) is 0 Å². The number of aromatic nitrogens is 1. The van der Waals surface area contributed by atoms with Gasteiger partial charge >= 0.3 is 17.8 Å². The Morgan fingerprint density at radius 3 is 2.53 bits per heavy atom. The highest BCUT2D eigenvalue weighted by Crippen LogP contribution is 2.17. The maximum Gasteiger partial charge on any atom is 0.338 e. The standard InChI is InChI=1S/C20H19N5O5/c1-13-18(23-22-17-5-3-4-10-21-17)19(27)25(24-13)16-8-6-15(7-9-16)20(28)30-12-11-29-14(2)26/h3-10,18H,11-12H2,1-2H3/p+1. The number of rotatable bonds is 7. The second kappa shape index (κ2) is 9.50. The van der Waals surface area contributed by atoms with Crippen LogP contribution >= 0.6 is 0 Å². The van der Waals surface area contributed by atoms with Crippen molar-refractivity contribution in [1.29, 1.82) is 0 Å². The van der Waals surface area contributed by atoms with Crippen LogP contribution in [0.5, 0.6) is 0 Å². The Bertz CT molecular complexity index is 988. The number of carbonyl (C=O) groups is 3. The molecule has 0 radical (unpaired) electrons. The molecule has 3 rings (SSSR count). The topological polar surface area (TPSA) is 124 Å². The number of esters is 2. The molecule has 1 aliphatic rings. The van der Waals surface area contributed by atoms with E-state index >= 15 is 0 Å². The number of hydrogen-bond acceptors (Lipinski definition) is 8. The fourth-order valence-corrected chi connectivity index (χ4v) is 2.61. The van der Waals surface area contributed by atoms with E-state index in [-0.39, 0.29) is 19.1 Å². The van der Waals surface area contributed by atoms with Crippen molar-refractivity contribution in [2.75, 3.05) is 18.2 Å². The van der Waals surface area contributed by atoms with Gasteiger partial charge in [-0.15, -0.1) is 10.2 Å². The van der Waals surface area contributed by atoms with Gasteiger partial charge in [0.15, 0.2) is 5.82 Å². The minimum absolute atomic E-state index is 0.00505. The van der Waals surface area contributed by atoms with E-state index in [4.69, 9.17) is 9.47 Å². The second-order valence-electron chi connectivity index (χ2n) is 6.30. The number of ether oxygens (including phenoxy) is 2. The van der Waals surface area contributed by atoms with Crippen LogP contribution in [0.25, 0.3) is 0 Å². The minimum atomic E-state index is -0.780. The SMILES string of the molecule is CC(=O)OCCOC(=O)c1ccc(N2[NH+]=C(C)C(N=Nc3ccccn3)C2=O)cc1. The maximum absolute atomic E-state index is 12.7. The Labute approximate surface area is 172 Å². The molecule has 1 aliphatic heterocycles. The molecular weight excluding hydrogens is 390 g/mol. The van der Waals surface area contributed by atoms with Crippen LogP contribution in [0.3, 0.4) is 0 Å². The number of hydrazine groups is 1. The molecule has 154 valence electrons. The molecule has 10 nitrogen and oxygen atoms in total. The average Bonchev–Trinajstić information content (AvgIpc) is 3.03. The molecule has 1 N–H and O–H groups in total. The van der Waals surface area contributed by atoms with Crippen molar-refractivity contribution in [2.45, 2.75) is 19.9 Å². The van der Waals surface area contributed by atoms with Crippen molar-refractivity contribution in [3.05, 3.63) is 54.2 Å². The Hall–Kier alpha value is -3.95. The fourth-order valence-electron chi connectivity index (χ4n) is 2.61. The van der Waals surface area contributed by atoms with Gasteiger partial charge in [-0.25, -0.2) is 9.78 Å². The van der Waals surface area contributed by atoms with Crippen molar-refractivity contribution < 1.29 is 29.0 Å². The molecule has 0 bridgehead atoms. The predicted molar refractivity (Wildman–Crippen MR) is 105 cm³/mol. The summed E-state index contributed by atoms with van der Waals surface area (Å²) < 4.78 is 9.73. The molecule has 0 saturated heterocycles. The second-order valence-corrected chi connectivity index (χ2v) is 6.30. The lowest BCUT2D eigenvalue weighted by atomic mass is 10.2. The van der Waals surface area contributed by atoms with Gasteiger partial charge in [-0.3, -0.25) is 9.59 Å². The normalized spacial score (nSPS) is 15.9. The molecule has 2 heterocycles. The lowest BCUT2D eigenvalue weighted by Gasteiger charge is -2.08. The summed E-state index contributed by atoms with van der Waals surface area (Å²) in [4.78, 5) is 39.5. The Morgan fingerprint density at radius 2 is 1.87 bits per heavy atom. The average molecular weight is 410 g/mol. The maximum atomic E-state index is 12.7. The highest BCUT2D eigenvalue weighted by Gasteiger charge is 2.41. The lowest BCUT2D eigenvalue weighted by Crippen LogP contribution is -2.81. The molecule has 1 atom stereocenters. The number of amides is 1. The van der Waals surface area contributed by atoms with Crippen molar-refractivity contribution >= 4 is 35.1 Å². The molecule has 0 spiro atoms. The Balaban J connectivity index is 1.62. The van der Waals surface area contributed by atoms with Gasteiger partial charge in [-0.05, 0) is 36.4 Å². The number of nitrogens with one attached hydrogen (secondary N) is 1. The first-order chi connectivity index (χ1) is 14.5. The number of anilines is 1. The van der Waals surface area contributed by atoms with E-state index in [1.807, 2.05) is 0 Å². The number of carbonyl (C=O) groups excluding carboxylic acids is 3. The van der Waals surface area contributed by atoms with Crippen molar-refractivity contribution in [1.82, 2.24) is 4.98 Å². The summed E-state index contributed by atoms with van der Waals surface area (Å²) in [6.45, 7) is 2.98. The first kappa shape index (κ1) is 20.8. The van der Waals surface area contributed by atoms with Crippen LogP contribution in [0.2, 0.25) is 0 Å². The van der Waals surface area contributed by atoms with E-state index in [9.17, 15) is 14.4 Å². The van der Waals surface area contributed by atoms with Gasteiger partial charge < -0.3 is 9.47 Å². The molecule has 1 aromatic heterocycles. The van der Waals surface area contributed by atoms with Gasteiger partial charge in [0.1, 0.15) is 18.9 Å². The van der Waals surface area contributed by atoms with Gasteiger partial charge in [0.05, 0.1) is 5.56 Å². The van der Waals surface area contributed by atoms with Crippen LogP contribution in [-0.4, -0.2) is 47.8 Å². The first-order valence-electron chi connectivity index (χ1n) is 9.12. The van der Waals surface area contributed by atoms with Crippen LogP contribution in [0.4, 0.5) is 11.5 Å². The van der Waals surface area contributed by atoms with E-state index in [1.165, 1.54) is 24.1 Å². The van der Waals surface area contributed by atoms with Gasteiger partial charge in [0.25, 0.3) is 0 Å². The van der Waals surface area contributed by atoms with Crippen LogP contribution < -0.4 is 10.1 Å². The van der Waals surface area contributed by atoms with Crippen molar-refractivity contribution in [3.63, 3.8) is 0 Å². The Kier molecular flexibility index (Phi) is 6.58. The molecule has 0 aliphatic carbocycles. The van der Waals surface area contributed by atoms with E-state index in [0.717, 1.165) is 0 Å². The molecule has 0 saturated carbocycles. The number of hydrazone groups is 1. The summed E-state index contributed by atoms with van der Waals surface area (Å²) >= 11 is 0. The summed E-state index contributed by atoms with van der Waals surface area (Å²) in [6, 6.07) is 10.7. The number of nitrogens with zero attached hydrogens (tertiary/aromatic N) is 4. The van der Waals surface area contributed by atoms with E-state index < -0.39 is 18.0 Å². The predicted octanol–water partition coefficient (Wildman–Crippen LogP) is 0.757. The van der Waals surface area contributed by atoms with Gasteiger partial charge in [-0.2, -0.15) is 5.11 Å². The molecular formula is C20H20N5O5+. The zero-order chi connectivity index (χ0) is 21.5. The summed E-state index contributed by atoms with van der Waals surface area (Å²) in [5, 5.41) is 12.4. The fraction of sp³-hybridized carbons (Fsp3) is 0.250. The highest BCUT2D eigenvalue weighted by atomic mass is 16.6. The summed E-state index contributed by atoms with van der Waals surface area (Å²) in [5.41, 5.74) is 1.46. The van der Waals surface area contributed by atoms with Gasteiger partial charge in [-0.1, -0.05) is 11.1 Å². The monoisotopic (exact) mass is 410 g/mol. The van der Waals surface area contributed by atoms with Crippen LogP contribution in [0.1, 0.15) is 24.2 Å². The molecule has 0 fully saturated rings. The first-order valence-corrected chi connectivity index (χ1v) is 9.12. The minimum Gasteiger partial charge on any atom is -0.462 e. The third kappa shape index (κ3) is 5.10. The summed E-state index contributed by atoms with van der Waals surface area (Å²) in [6.07, 6.45) is 1.59. The number of pyridine rings is 1. The number of azo groups is 1. The molecule has 1 aromatic carbocycles. The third-order valence-electron chi connectivity index (χ3n) is 4.06. The molecule has 30 heavy (non-hydrogen) atoms. The largest absolute Gasteiger partial charge is 0.462 e. The summed E-state index contributed by atoms with van der Waals surface area (Å²) in [7, 11) is 0. The Morgan fingerprint density at radius 1 is 1.13 bits per heavy atom. The number of benzene rings is 1. The van der Waals surface area contributed by atoms with Gasteiger partial charge in [0, 0.05) is 20.0 Å². The van der Waals surface area contributed by atoms with E-state index in [2.05, 4.69) is 20.3 Å². The smallest absolute Gasteiger partial charge is 0.338 e. The molecule has 10 heteroatoms. The summed E-state index contributed by atoms with van der Waals surface area (Å²) in [5.74, 6) is -0.889. The zero-order valence-electron chi connectivity index (χ0n) is 16.4. The van der Waals surface area contributed by atoms with Gasteiger partial charge in [0.2, 0.25) is 11.8 Å². The molecule has 2 aromatic rings. The van der Waals surface area contributed by atoms with Crippen molar-refractivity contribution in [3.8, 4) is 0 Å². The highest BCUT2D eigenvalue weighted by molar-refractivity contribution is 6.13. The number of hydrogen-bond donors (Lipinski definition) is 1. The van der Waals surface area contributed by atoms with Crippen LogP contribution in [0.15, 0.2) is 58.9 Å². The zero-order valence-corrected chi connectivity index (χ0v) is 16.4. The van der Waals surface area contributed by atoms with E-state index in [1.54, 1.807) is 43.5 Å². The quantitative estimate of drug-likeness (QED) is 0.408. The molecule has 1 unspecified atom stereocenters. The van der Waals surface area contributed by atoms with Crippen LogP contribution in [-0.2, 0) is 19.1 Å². The lowest BCUT2D eigenvalue weighted by molar-refractivity contribution is -0.455. The van der Waals surface area contributed by atoms with Crippen molar-refractivity contribution in [2.24, 2.45) is 10.2 Å².